The molecule has 1 aromatic heterocycles. The first kappa shape index (κ1) is 23.8. The molecule has 1 aromatic carbocycles. The molecule has 1 saturated carbocycles. The number of hydrogen-bond donors (Lipinski definition) is 5. The molecule has 0 spiro atoms. The second kappa shape index (κ2) is 7.55. The van der Waals surface area contributed by atoms with Crippen LogP contribution < -0.4 is 16.4 Å². The third-order valence-electron chi connectivity index (χ3n) is 7.58. The number of nitrogen functional groups attached to an aromatic ring is 1. The van der Waals surface area contributed by atoms with Crippen molar-refractivity contribution >= 4 is 46.0 Å². The van der Waals surface area contributed by atoms with Gasteiger partial charge in [0.15, 0.2) is 17.0 Å². The van der Waals surface area contributed by atoms with Gasteiger partial charge in [0.1, 0.15) is 22.6 Å². The molecule has 0 aliphatic heterocycles. The van der Waals surface area contributed by atoms with Crippen molar-refractivity contribution in [3.63, 3.8) is 0 Å². The summed E-state index contributed by atoms with van der Waals surface area (Å²) < 4.78 is 5.56. The highest BCUT2D eigenvalue weighted by Crippen LogP contribution is 2.53. The van der Waals surface area contributed by atoms with E-state index in [4.69, 9.17) is 15.9 Å². The number of Topliss-reactive ketones (excluding diaryl/α,β-unsaturated/α-hetero) is 2. The summed E-state index contributed by atoms with van der Waals surface area (Å²) in [6.07, 6.45) is 0.341. The average Bonchev–Trinajstić information content (AvgIpc) is 3.14. The standard InChI is InChI=1S/C24H27N5O7/c1-28(2)12-7-11-19(36-23(26)27-11)14-9(12)5-8-6-10-16(29(3)4)18(31)15(22(25)34)21(33)24(10,35)20(32)13(8)17(14)30/h7-8,10,16,30,33,35H,5-6H2,1-4H3,(H2,25,34)(H2,26,27)/t8-,10-,16-,24?/m0/s1. The molecule has 190 valence electrons. The van der Waals surface area contributed by atoms with Crippen LogP contribution in [0, 0.1) is 11.8 Å². The van der Waals surface area contributed by atoms with E-state index in [1.54, 1.807) is 20.2 Å². The Morgan fingerprint density at radius 3 is 2.47 bits per heavy atom. The molecule has 0 saturated heterocycles. The number of primary amides is 1. The molecular formula is C24H27N5O7. The summed E-state index contributed by atoms with van der Waals surface area (Å²) in [7, 11) is 6.79. The van der Waals surface area contributed by atoms with Crippen LogP contribution in [0.4, 0.5) is 11.7 Å². The normalized spacial score (nSPS) is 27.9. The second-order valence-electron chi connectivity index (χ2n) is 10.0. The number of rotatable bonds is 3. The van der Waals surface area contributed by atoms with E-state index >= 15 is 0 Å². The molecule has 1 unspecified atom stereocenters. The van der Waals surface area contributed by atoms with Crippen LogP contribution in [0.15, 0.2) is 27.4 Å². The smallest absolute Gasteiger partial charge is 0.293 e. The van der Waals surface area contributed by atoms with Crippen molar-refractivity contribution in [1.82, 2.24) is 9.88 Å². The maximum Gasteiger partial charge on any atom is 0.293 e. The number of likely N-dealkylation sites (N-methyl/N-ethyl adjacent to an activating group) is 1. The van der Waals surface area contributed by atoms with Crippen LogP contribution in [-0.4, -0.2) is 82.5 Å². The molecule has 5 rings (SSSR count). The highest BCUT2D eigenvalue weighted by molar-refractivity contribution is 6.24. The SMILES string of the molecule is CN(C)c1cc2nc(N)oc2c2c1C[C@H]1C[C@H]3[C@H](N(C)C)C(=O)C(C(N)=O)=C(O)C3(O)C(=O)C1=C2O. The minimum atomic E-state index is -2.64. The number of carbonyl (C=O) groups is 3. The maximum absolute atomic E-state index is 13.9. The number of aliphatic hydroxyl groups excluding tert-OH is 2. The zero-order valence-corrected chi connectivity index (χ0v) is 20.2. The van der Waals surface area contributed by atoms with Crippen molar-refractivity contribution in [3.05, 3.63) is 34.1 Å². The van der Waals surface area contributed by atoms with Gasteiger partial charge in [-0.05, 0) is 44.5 Å². The predicted octanol–water partition coefficient (Wildman–Crippen LogP) is 0.0478. The Balaban J connectivity index is 1.80. The number of nitrogens with zero attached hydrogens (tertiary/aromatic N) is 3. The summed E-state index contributed by atoms with van der Waals surface area (Å²) in [6.45, 7) is 0. The minimum Gasteiger partial charge on any atom is -0.508 e. The fourth-order valence-corrected chi connectivity index (χ4v) is 6.10. The Labute approximate surface area is 205 Å². The molecule has 7 N–H and O–H groups in total. The quantitative estimate of drug-likeness (QED) is 0.359. The molecule has 1 fully saturated rings. The first-order valence-electron chi connectivity index (χ1n) is 11.3. The zero-order chi connectivity index (χ0) is 26.4. The number of hydrogen-bond acceptors (Lipinski definition) is 11. The van der Waals surface area contributed by atoms with Crippen molar-refractivity contribution in [2.75, 3.05) is 38.8 Å². The Morgan fingerprint density at radius 1 is 1.22 bits per heavy atom. The molecule has 1 heterocycles. The molecule has 0 bridgehead atoms. The molecular weight excluding hydrogens is 470 g/mol. The summed E-state index contributed by atoms with van der Waals surface area (Å²) in [5, 5.41) is 34.1. The molecule has 12 nitrogen and oxygen atoms in total. The zero-order valence-electron chi connectivity index (χ0n) is 20.2. The van der Waals surface area contributed by atoms with E-state index in [2.05, 4.69) is 4.98 Å². The lowest BCUT2D eigenvalue weighted by Crippen LogP contribution is -2.65. The average molecular weight is 498 g/mol. The van der Waals surface area contributed by atoms with Crippen LogP contribution in [0.3, 0.4) is 0 Å². The summed E-state index contributed by atoms with van der Waals surface area (Å²) in [6, 6.07) is 0.545. The third-order valence-corrected chi connectivity index (χ3v) is 7.58. The number of nitrogens with two attached hydrogens (primary N) is 2. The number of ketones is 2. The van der Waals surface area contributed by atoms with Gasteiger partial charge in [0.25, 0.3) is 11.9 Å². The fraction of sp³-hybridized carbons (Fsp3) is 0.417. The number of benzene rings is 1. The number of aromatic nitrogens is 1. The topological polar surface area (TPSA) is 196 Å². The first-order chi connectivity index (χ1) is 16.8. The summed E-state index contributed by atoms with van der Waals surface area (Å²) in [5.74, 6) is -6.24. The Kier molecular flexibility index (Phi) is 4.99. The molecule has 2 aromatic rings. The molecule has 36 heavy (non-hydrogen) atoms. The van der Waals surface area contributed by atoms with Gasteiger partial charge >= 0.3 is 0 Å². The van der Waals surface area contributed by atoms with Crippen molar-refractivity contribution in [3.8, 4) is 0 Å². The molecule has 1 amide bonds. The molecule has 3 aliphatic rings. The number of oxazole rings is 1. The van der Waals surface area contributed by atoms with Crippen molar-refractivity contribution in [2.24, 2.45) is 17.6 Å². The van der Waals surface area contributed by atoms with Gasteiger partial charge in [0.05, 0.1) is 11.6 Å². The Bertz CT molecular complexity index is 1440. The number of aliphatic hydroxyl groups is 3. The van der Waals surface area contributed by atoms with Crippen molar-refractivity contribution < 1.29 is 34.1 Å². The lowest BCUT2D eigenvalue weighted by atomic mass is 9.57. The van der Waals surface area contributed by atoms with E-state index in [9.17, 15) is 29.7 Å². The first-order valence-corrected chi connectivity index (χ1v) is 11.3. The minimum absolute atomic E-state index is 0.0647. The summed E-state index contributed by atoms with van der Waals surface area (Å²) in [5.41, 5.74) is 9.72. The van der Waals surface area contributed by atoms with Gasteiger partial charge in [0, 0.05) is 31.3 Å². The van der Waals surface area contributed by atoms with Gasteiger partial charge in [-0.1, -0.05) is 0 Å². The number of carbonyl (C=O) groups excluding carboxylic acids is 3. The number of fused-ring (bicyclic) bond motifs is 5. The monoisotopic (exact) mass is 497 g/mol. The van der Waals surface area contributed by atoms with Crippen molar-refractivity contribution in [1.29, 1.82) is 0 Å². The molecule has 12 heteroatoms. The third kappa shape index (κ3) is 2.88. The van der Waals surface area contributed by atoms with Crippen molar-refractivity contribution in [2.45, 2.75) is 24.5 Å². The van der Waals surface area contributed by atoms with E-state index < -0.39 is 58.0 Å². The van der Waals surface area contributed by atoms with Crippen LogP contribution in [0.5, 0.6) is 0 Å². The van der Waals surface area contributed by atoms with Gasteiger partial charge in [-0.2, -0.15) is 4.98 Å². The highest BCUT2D eigenvalue weighted by Gasteiger charge is 2.64. The maximum atomic E-state index is 13.9. The van der Waals surface area contributed by atoms with Crippen LogP contribution in [-0.2, 0) is 20.8 Å². The van der Waals surface area contributed by atoms with E-state index in [0.717, 1.165) is 5.69 Å². The molecule has 4 atom stereocenters. The summed E-state index contributed by atoms with van der Waals surface area (Å²) >= 11 is 0. The van der Waals surface area contributed by atoms with Gasteiger partial charge in [-0.15, -0.1) is 0 Å². The Hall–Kier alpha value is -3.90. The van der Waals surface area contributed by atoms with Crippen LogP contribution in [0.1, 0.15) is 17.5 Å². The van der Waals surface area contributed by atoms with E-state index in [-0.39, 0.29) is 35.6 Å². The lowest BCUT2D eigenvalue weighted by Gasteiger charge is -2.50. The lowest BCUT2D eigenvalue weighted by molar-refractivity contribution is -0.153. The van der Waals surface area contributed by atoms with Gasteiger partial charge in [-0.25, -0.2) is 0 Å². The highest BCUT2D eigenvalue weighted by atomic mass is 16.4. The van der Waals surface area contributed by atoms with E-state index in [1.807, 2.05) is 19.0 Å². The van der Waals surface area contributed by atoms with E-state index in [1.165, 1.54) is 4.90 Å². The van der Waals surface area contributed by atoms with Crippen LogP contribution >= 0.6 is 0 Å². The van der Waals surface area contributed by atoms with Gasteiger partial charge < -0.3 is 36.1 Å². The molecule has 3 aliphatic carbocycles. The number of anilines is 2. The Morgan fingerprint density at radius 2 is 1.89 bits per heavy atom. The second-order valence-corrected chi connectivity index (χ2v) is 10.0. The van der Waals surface area contributed by atoms with E-state index in [0.29, 0.717) is 11.1 Å². The molecule has 0 radical (unpaired) electrons. The predicted molar refractivity (Wildman–Crippen MR) is 129 cm³/mol. The van der Waals surface area contributed by atoms with Crippen LogP contribution in [0.25, 0.3) is 16.9 Å². The van der Waals surface area contributed by atoms with Gasteiger partial charge in [-0.3, -0.25) is 19.3 Å². The number of amides is 1. The van der Waals surface area contributed by atoms with Crippen LogP contribution in [0.2, 0.25) is 0 Å². The summed E-state index contributed by atoms with van der Waals surface area (Å²) in [4.78, 5) is 46.6. The largest absolute Gasteiger partial charge is 0.508 e. The van der Waals surface area contributed by atoms with Gasteiger partial charge in [0.2, 0.25) is 5.78 Å². The fourth-order valence-electron chi connectivity index (χ4n) is 6.10.